The Hall–Kier alpha value is -2.36. The van der Waals surface area contributed by atoms with Gasteiger partial charge in [-0.25, -0.2) is 0 Å². The number of hydrogen-bond donors (Lipinski definition) is 1. The molecule has 2 aromatic rings. The Bertz CT molecular complexity index is 771. The van der Waals surface area contributed by atoms with E-state index in [2.05, 4.69) is 19.2 Å². The molecule has 0 saturated carbocycles. The molecular weight excluding hydrogens is 324 g/mol. The van der Waals surface area contributed by atoms with Crippen LogP contribution in [0.5, 0.6) is 0 Å². The maximum atomic E-state index is 13.0. The summed E-state index contributed by atoms with van der Waals surface area (Å²) < 4.78 is 0. The number of hydrogen-bond acceptors (Lipinski definition) is 2. The Kier molecular flexibility index (Phi) is 5.92. The van der Waals surface area contributed by atoms with Gasteiger partial charge in [0, 0.05) is 31.1 Å². The van der Waals surface area contributed by atoms with Crippen LogP contribution in [0.25, 0.3) is 10.8 Å². The van der Waals surface area contributed by atoms with Crippen molar-refractivity contribution in [1.29, 1.82) is 0 Å². The van der Waals surface area contributed by atoms with Crippen molar-refractivity contribution in [2.24, 2.45) is 11.8 Å². The second-order valence-electron chi connectivity index (χ2n) is 7.57. The minimum absolute atomic E-state index is 0.0266. The van der Waals surface area contributed by atoms with E-state index in [-0.39, 0.29) is 17.7 Å². The smallest absolute Gasteiger partial charge is 0.254 e. The first kappa shape index (κ1) is 18.4. The molecule has 0 unspecified atom stereocenters. The molecule has 4 heteroatoms. The average molecular weight is 352 g/mol. The SMILES string of the molecule is CC(C)CCNC(=O)C1CCN(C(=O)c2cccc3ccccc23)CC1. The highest BCUT2D eigenvalue weighted by atomic mass is 16.2. The second kappa shape index (κ2) is 8.35. The topological polar surface area (TPSA) is 49.4 Å². The third-order valence-electron chi connectivity index (χ3n) is 5.19. The van der Waals surface area contributed by atoms with Crippen LogP contribution >= 0.6 is 0 Å². The molecule has 2 aromatic carbocycles. The van der Waals surface area contributed by atoms with Crippen molar-refractivity contribution in [3.8, 4) is 0 Å². The third kappa shape index (κ3) is 4.24. The van der Waals surface area contributed by atoms with Gasteiger partial charge in [0.05, 0.1) is 0 Å². The number of carbonyl (C=O) groups excluding carboxylic acids is 2. The Morgan fingerprint density at radius 2 is 1.77 bits per heavy atom. The number of piperidine rings is 1. The van der Waals surface area contributed by atoms with Crippen LogP contribution < -0.4 is 5.32 Å². The van der Waals surface area contributed by atoms with E-state index < -0.39 is 0 Å². The lowest BCUT2D eigenvalue weighted by atomic mass is 9.94. The number of benzene rings is 2. The predicted octanol–water partition coefficient (Wildman–Crippen LogP) is 3.85. The molecule has 1 saturated heterocycles. The fourth-order valence-electron chi connectivity index (χ4n) is 3.56. The number of fused-ring (bicyclic) bond motifs is 1. The molecule has 0 aromatic heterocycles. The summed E-state index contributed by atoms with van der Waals surface area (Å²) in [7, 11) is 0. The lowest BCUT2D eigenvalue weighted by molar-refractivity contribution is -0.126. The molecule has 1 fully saturated rings. The zero-order chi connectivity index (χ0) is 18.5. The van der Waals surface area contributed by atoms with Gasteiger partial charge in [0.2, 0.25) is 5.91 Å². The normalized spacial score (nSPS) is 15.4. The molecule has 1 aliphatic rings. The molecule has 0 atom stereocenters. The first-order valence-corrected chi connectivity index (χ1v) is 9.61. The summed E-state index contributed by atoms with van der Waals surface area (Å²) in [5, 5.41) is 5.12. The van der Waals surface area contributed by atoms with E-state index in [1.165, 1.54) is 0 Å². The first-order valence-electron chi connectivity index (χ1n) is 9.61. The number of likely N-dealkylation sites (tertiary alicyclic amines) is 1. The predicted molar refractivity (Wildman–Crippen MR) is 105 cm³/mol. The van der Waals surface area contributed by atoms with E-state index in [0.717, 1.165) is 42.1 Å². The molecule has 0 radical (unpaired) electrons. The maximum Gasteiger partial charge on any atom is 0.254 e. The van der Waals surface area contributed by atoms with Gasteiger partial charge in [-0.1, -0.05) is 50.2 Å². The van der Waals surface area contributed by atoms with Crippen LogP contribution in [0.4, 0.5) is 0 Å². The Labute approximate surface area is 155 Å². The van der Waals surface area contributed by atoms with Gasteiger partial charge >= 0.3 is 0 Å². The van der Waals surface area contributed by atoms with E-state index in [1.807, 2.05) is 47.4 Å². The fraction of sp³-hybridized carbons (Fsp3) is 0.455. The number of nitrogens with zero attached hydrogens (tertiary/aromatic N) is 1. The molecular formula is C22H28N2O2. The Morgan fingerprint density at radius 1 is 1.08 bits per heavy atom. The summed E-state index contributed by atoms with van der Waals surface area (Å²) in [6, 6.07) is 13.8. The van der Waals surface area contributed by atoms with E-state index in [1.54, 1.807) is 0 Å². The minimum Gasteiger partial charge on any atom is -0.356 e. The van der Waals surface area contributed by atoms with Crippen molar-refractivity contribution >= 4 is 22.6 Å². The van der Waals surface area contributed by atoms with Crippen molar-refractivity contribution in [1.82, 2.24) is 10.2 Å². The summed E-state index contributed by atoms with van der Waals surface area (Å²) in [5.41, 5.74) is 0.753. The third-order valence-corrected chi connectivity index (χ3v) is 5.19. The molecule has 0 spiro atoms. The summed E-state index contributed by atoms with van der Waals surface area (Å²) in [6.45, 7) is 6.34. The Balaban J connectivity index is 1.59. The van der Waals surface area contributed by atoms with Gasteiger partial charge < -0.3 is 10.2 Å². The number of carbonyl (C=O) groups is 2. The van der Waals surface area contributed by atoms with Crippen LogP contribution in [0.3, 0.4) is 0 Å². The summed E-state index contributed by atoms with van der Waals surface area (Å²) in [4.78, 5) is 27.1. The largest absolute Gasteiger partial charge is 0.356 e. The number of nitrogens with one attached hydrogen (secondary N) is 1. The van der Waals surface area contributed by atoms with Crippen LogP contribution in [0, 0.1) is 11.8 Å². The lowest BCUT2D eigenvalue weighted by Gasteiger charge is -2.31. The molecule has 1 N–H and O–H groups in total. The molecule has 26 heavy (non-hydrogen) atoms. The van der Waals surface area contributed by atoms with Crippen LogP contribution in [0.1, 0.15) is 43.5 Å². The van der Waals surface area contributed by atoms with Gasteiger partial charge in [-0.15, -0.1) is 0 Å². The molecule has 2 amide bonds. The van der Waals surface area contributed by atoms with Crippen molar-refractivity contribution in [3.63, 3.8) is 0 Å². The van der Waals surface area contributed by atoms with Crippen molar-refractivity contribution in [2.45, 2.75) is 33.1 Å². The number of amides is 2. The van der Waals surface area contributed by atoms with Gasteiger partial charge in [0.15, 0.2) is 0 Å². The van der Waals surface area contributed by atoms with Gasteiger partial charge in [-0.05, 0) is 42.0 Å². The minimum atomic E-state index is 0.0266. The van der Waals surface area contributed by atoms with Crippen LogP contribution in [0.2, 0.25) is 0 Å². The van der Waals surface area contributed by atoms with Crippen LogP contribution in [0.15, 0.2) is 42.5 Å². The molecule has 1 heterocycles. The van der Waals surface area contributed by atoms with Gasteiger partial charge in [0.1, 0.15) is 0 Å². The summed E-state index contributed by atoms with van der Waals surface area (Å²) in [6.07, 6.45) is 2.48. The highest BCUT2D eigenvalue weighted by Gasteiger charge is 2.28. The first-order chi connectivity index (χ1) is 12.6. The van der Waals surface area contributed by atoms with Crippen molar-refractivity contribution in [2.75, 3.05) is 19.6 Å². The van der Waals surface area contributed by atoms with E-state index in [9.17, 15) is 9.59 Å². The van der Waals surface area contributed by atoms with Crippen LogP contribution in [-0.4, -0.2) is 36.3 Å². The highest BCUT2D eigenvalue weighted by molar-refractivity contribution is 6.07. The van der Waals surface area contributed by atoms with E-state index in [0.29, 0.717) is 19.0 Å². The molecule has 3 rings (SSSR count). The van der Waals surface area contributed by atoms with Gasteiger partial charge in [-0.2, -0.15) is 0 Å². The zero-order valence-electron chi connectivity index (χ0n) is 15.7. The quantitative estimate of drug-likeness (QED) is 0.888. The summed E-state index contributed by atoms with van der Waals surface area (Å²) in [5.74, 6) is 0.831. The van der Waals surface area contributed by atoms with Gasteiger partial charge in [-0.3, -0.25) is 9.59 Å². The Morgan fingerprint density at radius 3 is 2.50 bits per heavy atom. The standard InChI is InChI=1S/C22H28N2O2/c1-16(2)10-13-23-21(25)18-11-14-24(15-12-18)22(26)20-9-5-7-17-6-3-4-8-19(17)20/h3-9,16,18H,10-15H2,1-2H3,(H,23,25). The van der Waals surface area contributed by atoms with Gasteiger partial charge in [0.25, 0.3) is 5.91 Å². The number of rotatable bonds is 5. The van der Waals surface area contributed by atoms with Crippen LogP contribution in [-0.2, 0) is 4.79 Å². The lowest BCUT2D eigenvalue weighted by Crippen LogP contribution is -2.43. The maximum absolute atomic E-state index is 13.0. The van der Waals surface area contributed by atoms with Crippen molar-refractivity contribution in [3.05, 3.63) is 48.0 Å². The molecule has 0 bridgehead atoms. The van der Waals surface area contributed by atoms with E-state index in [4.69, 9.17) is 0 Å². The zero-order valence-corrected chi connectivity index (χ0v) is 15.7. The highest BCUT2D eigenvalue weighted by Crippen LogP contribution is 2.23. The molecule has 138 valence electrons. The van der Waals surface area contributed by atoms with Crippen molar-refractivity contribution < 1.29 is 9.59 Å². The monoisotopic (exact) mass is 352 g/mol. The van der Waals surface area contributed by atoms with E-state index >= 15 is 0 Å². The summed E-state index contributed by atoms with van der Waals surface area (Å²) >= 11 is 0. The molecule has 1 aliphatic heterocycles. The second-order valence-corrected chi connectivity index (χ2v) is 7.57. The fourth-order valence-corrected chi connectivity index (χ4v) is 3.56. The molecule has 4 nitrogen and oxygen atoms in total. The molecule has 0 aliphatic carbocycles. The average Bonchev–Trinajstić information content (AvgIpc) is 2.66.